The van der Waals surface area contributed by atoms with E-state index in [0.717, 1.165) is 0 Å². The van der Waals surface area contributed by atoms with Crippen molar-refractivity contribution < 1.29 is 39.4 Å². The molecule has 2 aliphatic rings. The highest BCUT2D eigenvalue weighted by atomic mass is 16.8. The molecule has 4 rings (SSSR count). The van der Waals surface area contributed by atoms with Crippen molar-refractivity contribution in [2.75, 3.05) is 13.2 Å². The van der Waals surface area contributed by atoms with Crippen LogP contribution in [0.25, 0.3) is 0 Å². The molecule has 2 unspecified atom stereocenters. The number of ether oxygens (including phenoxy) is 4. The van der Waals surface area contributed by atoms with E-state index >= 15 is 0 Å². The molecule has 2 aliphatic heterocycles. The SMILES string of the molecule is OC[C@H](O)[C@@H]1OC(c2ccc(O)cc2)OC[C@H]2OC(c3ccc(O)cc3)O[C@H]12. The first-order chi connectivity index (χ1) is 13.5. The van der Waals surface area contributed by atoms with Crippen molar-refractivity contribution in [1.29, 1.82) is 0 Å². The number of aliphatic hydroxyl groups excluding tert-OH is 2. The van der Waals surface area contributed by atoms with Crippen LogP contribution in [0.3, 0.4) is 0 Å². The van der Waals surface area contributed by atoms with Crippen LogP contribution in [0, 0.1) is 0 Å². The van der Waals surface area contributed by atoms with Crippen LogP contribution in [0.1, 0.15) is 23.7 Å². The first-order valence-corrected chi connectivity index (χ1v) is 9.00. The van der Waals surface area contributed by atoms with E-state index in [-0.39, 0.29) is 18.1 Å². The number of phenolic OH excluding ortho intramolecular Hbond substituents is 2. The minimum atomic E-state index is -1.20. The van der Waals surface area contributed by atoms with Crippen molar-refractivity contribution in [1.82, 2.24) is 0 Å². The van der Waals surface area contributed by atoms with Crippen molar-refractivity contribution in [3.63, 3.8) is 0 Å². The Morgan fingerprint density at radius 1 is 0.821 bits per heavy atom. The Morgan fingerprint density at radius 3 is 1.96 bits per heavy atom. The third-order valence-corrected chi connectivity index (χ3v) is 4.86. The van der Waals surface area contributed by atoms with Crippen molar-refractivity contribution in [2.45, 2.75) is 37.0 Å². The van der Waals surface area contributed by atoms with Gasteiger partial charge >= 0.3 is 0 Å². The zero-order chi connectivity index (χ0) is 19.7. The molecule has 8 nitrogen and oxygen atoms in total. The topological polar surface area (TPSA) is 118 Å². The quantitative estimate of drug-likeness (QED) is 0.618. The predicted octanol–water partition coefficient (Wildman–Crippen LogP) is 1.35. The van der Waals surface area contributed by atoms with Gasteiger partial charge in [0, 0.05) is 11.1 Å². The summed E-state index contributed by atoms with van der Waals surface area (Å²) >= 11 is 0. The summed E-state index contributed by atoms with van der Waals surface area (Å²) in [5, 5.41) is 38.7. The van der Waals surface area contributed by atoms with Gasteiger partial charge in [0.05, 0.1) is 13.2 Å². The number of benzene rings is 2. The van der Waals surface area contributed by atoms with Gasteiger partial charge in [0.1, 0.15) is 35.9 Å². The number of aliphatic hydroxyl groups is 2. The standard InChI is InChI=1S/C20H22O8/c21-9-15(24)17-18-16(26-20(28-18)12-3-7-14(23)8-4-12)10-25-19(27-17)11-1-5-13(22)6-2-11/h1-8,15-24H,9-10H2/t15-,16+,17-,18-,19?,20?/m0/s1. The molecular formula is C20H22O8. The maximum atomic E-state index is 10.3. The van der Waals surface area contributed by atoms with E-state index in [9.17, 15) is 20.4 Å². The van der Waals surface area contributed by atoms with Crippen LogP contribution in [0.15, 0.2) is 48.5 Å². The lowest BCUT2D eigenvalue weighted by atomic mass is 10.0. The van der Waals surface area contributed by atoms with Crippen molar-refractivity contribution >= 4 is 0 Å². The van der Waals surface area contributed by atoms with Crippen LogP contribution in [0.2, 0.25) is 0 Å². The average molecular weight is 390 g/mol. The van der Waals surface area contributed by atoms with Crippen LogP contribution in [0.5, 0.6) is 11.5 Å². The predicted molar refractivity (Wildman–Crippen MR) is 95.4 cm³/mol. The zero-order valence-corrected chi connectivity index (χ0v) is 14.9. The largest absolute Gasteiger partial charge is 0.508 e. The fourth-order valence-corrected chi connectivity index (χ4v) is 3.37. The Morgan fingerprint density at radius 2 is 1.39 bits per heavy atom. The summed E-state index contributed by atoms with van der Waals surface area (Å²) in [6.07, 6.45) is -4.79. The summed E-state index contributed by atoms with van der Waals surface area (Å²) in [6, 6.07) is 12.8. The van der Waals surface area contributed by atoms with Crippen LogP contribution in [-0.2, 0) is 18.9 Å². The second kappa shape index (κ2) is 8.04. The number of hydrogen-bond acceptors (Lipinski definition) is 8. The van der Waals surface area contributed by atoms with Crippen LogP contribution in [-0.4, -0.2) is 58.1 Å². The van der Waals surface area contributed by atoms with Crippen LogP contribution >= 0.6 is 0 Å². The van der Waals surface area contributed by atoms with E-state index < -0.39 is 43.6 Å². The van der Waals surface area contributed by atoms with Gasteiger partial charge in [-0.25, -0.2) is 0 Å². The Hall–Kier alpha value is -2.20. The lowest BCUT2D eigenvalue weighted by molar-refractivity contribution is -0.216. The van der Waals surface area contributed by atoms with Gasteiger partial charge in [-0.3, -0.25) is 0 Å². The van der Waals surface area contributed by atoms with Gasteiger partial charge in [-0.05, 0) is 24.3 Å². The molecule has 0 spiro atoms. The van der Waals surface area contributed by atoms with Gasteiger partial charge in [0.25, 0.3) is 0 Å². The van der Waals surface area contributed by atoms with Gasteiger partial charge in [-0.1, -0.05) is 24.3 Å². The molecule has 2 saturated heterocycles. The first-order valence-electron chi connectivity index (χ1n) is 9.00. The summed E-state index contributed by atoms with van der Waals surface area (Å²) in [7, 11) is 0. The van der Waals surface area contributed by atoms with Gasteiger partial charge < -0.3 is 39.4 Å². The first kappa shape index (κ1) is 19.1. The van der Waals surface area contributed by atoms with Crippen molar-refractivity contribution in [2.24, 2.45) is 0 Å². The summed E-state index contributed by atoms with van der Waals surface area (Å²) in [5.41, 5.74) is 1.36. The molecule has 2 fully saturated rings. The minimum absolute atomic E-state index is 0.115. The second-order valence-corrected chi connectivity index (χ2v) is 6.81. The highest BCUT2D eigenvalue weighted by molar-refractivity contribution is 5.28. The Kier molecular flexibility index (Phi) is 5.49. The van der Waals surface area contributed by atoms with Crippen LogP contribution < -0.4 is 0 Å². The molecule has 2 aromatic rings. The minimum Gasteiger partial charge on any atom is -0.508 e. The maximum absolute atomic E-state index is 10.3. The van der Waals surface area contributed by atoms with E-state index in [2.05, 4.69) is 0 Å². The molecule has 8 heteroatoms. The van der Waals surface area contributed by atoms with Crippen LogP contribution in [0.4, 0.5) is 0 Å². The fraction of sp³-hybridized carbons (Fsp3) is 0.400. The Bertz CT molecular complexity index is 778. The molecule has 6 atom stereocenters. The zero-order valence-electron chi connectivity index (χ0n) is 14.9. The number of fused-ring (bicyclic) bond motifs is 1. The molecule has 0 aromatic heterocycles. The fourth-order valence-electron chi connectivity index (χ4n) is 3.37. The lowest BCUT2D eigenvalue weighted by Crippen LogP contribution is -2.45. The summed E-state index contributed by atoms with van der Waals surface area (Å²) in [6.45, 7) is -0.358. The Labute approximate surface area is 161 Å². The molecule has 150 valence electrons. The van der Waals surface area contributed by atoms with Gasteiger partial charge in [-0.2, -0.15) is 0 Å². The highest BCUT2D eigenvalue weighted by Crippen LogP contribution is 2.39. The van der Waals surface area contributed by atoms with E-state index in [0.29, 0.717) is 11.1 Å². The number of hydrogen-bond donors (Lipinski definition) is 4. The number of aromatic hydroxyl groups is 2. The smallest absolute Gasteiger partial charge is 0.184 e. The molecule has 0 aliphatic carbocycles. The second-order valence-electron chi connectivity index (χ2n) is 6.81. The molecule has 4 N–H and O–H groups in total. The molecular weight excluding hydrogens is 368 g/mol. The monoisotopic (exact) mass is 390 g/mol. The van der Waals surface area contributed by atoms with E-state index in [4.69, 9.17) is 18.9 Å². The summed E-state index contributed by atoms with van der Waals surface area (Å²) in [4.78, 5) is 0. The third kappa shape index (κ3) is 3.83. The average Bonchev–Trinajstić information content (AvgIpc) is 3.05. The molecule has 0 radical (unpaired) electrons. The third-order valence-electron chi connectivity index (χ3n) is 4.86. The highest BCUT2D eigenvalue weighted by Gasteiger charge is 2.48. The van der Waals surface area contributed by atoms with Gasteiger partial charge in [-0.15, -0.1) is 0 Å². The van der Waals surface area contributed by atoms with Crippen molar-refractivity contribution in [3.8, 4) is 11.5 Å². The maximum Gasteiger partial charge on any atom is 0.184 e. The molecule has 28 heavy (non-hydrogen) atoms. The van der Waals surface area contributed by atoms with Gasteiger partial charge in [0.15, 0.2) is 12.6 Å². The van der Waals surface area contributed by atoms with E-state index in [1.54, 1.807) is 24.3 Å². The Balaban J connectivity index is 1.55. The molecule has 2 aromatic carbocycles. The summed E-state index contributed by atoms with van der Waals surface area (Å²) in [5.74, 6) is 0.248. The summed E-state index contributed by atoms with van der Waals surface area (Å²) < 4.78 is 23.7. The van der Waals surface area contributed by atoms with Crippen molar-refractivity contribution in [3.05, 3.63) is 59.7 Å². The molecule has 2 heterocycles. The lowest BCUT2D eigenvalue weighted by Gasteiger charge is -2.28. The molecule has 0 saturated carbocycles. The molecule has 0 amide bonds. The number of rotatable bonds is 4. The normalized spacial score (nSPS) is 31.1. The van der Waals surface area contributed by atoms with E-state index in [1.807, 2.05) is 0 Å². The van der Waals surface area contributed by atoms with Gasteiger partial charge in [0.2, 0.25) is 0 Å². The molecule has 0 bridgehead atoms. The van der Waals surface area contributed by atoms with E-state index in [1.165, 1.54) is 24.3 Å². The number of phenols is 2.